The average Bonchev–Trinajstić information content (AvgIpc) is 2.34. The Morgan fingerprint density at radius 2 is 2.06 bits per heavy atom. The van der Waals surface area contributed by atoms with Gasteiger partial charge < -0.3 is 15.3 Å². The van der Waals surface area contributed by atoms with E-state index in [-0.39, 0.29) is 25.4 Å². The van der Waals surface area contributed by atoms with Crippen molar-refractivity contribution < 1.29 is 9.52 Å². The minimum atomic E-state index is -0.517. The SMILES string of the molecule is Cl.NC(CO)Cc1c(Cl)c2ccccc2oc1=O. The van der Waals surface area contributed by atoms with Gasteiger partial charge in [0.2, 0.25) is 0 Å². The summed E-state index contributed by atoms with van der Waals surface area (Å²) in [4.78, 5) is 11.7. The summed E-state index contributed by atoms with van der Waals surface area (Å²) in [5, 5.41) is 9.91. The number of halogens is 2. The lowest BCUT2D eigenvalue weighted by Gasteiger charge is -2.09. The number of rotatable bonds is 3. The Labute approximate surface area is 115 Å². The Kier molecular flexibility index (Phi) is 5.16. The van der Waals surface area contributed by atoms with Crippen LogP contribution in [0.15, 0.2) is 33.5 Å². The molecule has 0 spiro atoms. The van der Waals surface area contributed by atoms with Gasteiger partial charge >= 0.3 is 5.63 Å². The van der Waals surface area contributed by atoms with Crippen LogP contribution in [0.4, 0.5) is 0 Å². The van der Waals surface area contributed by atoms with Gasteiger partial charge in [0.15, 0.2) is 0 Å². The highest BCUT2D eigenvalue weighted by molar-refractivity contribution is 6.35. The highest BCUT2D eigenvalue weighted by atomic mass is 35.5. The molecule has 2 aromatic rings. The van der Waals surface area contributed by atoms with Gasteiger partial charge in [-0.1, -0.05) is 23.7 Å². The van der Waals surface area contributed by atoms with Crippen LogP contribution < -0.4 is 11.4 Å². The molecule has 0 aliphatic rings. The lowest BCUT2D eigenvalue weighted by Crippen LogP contribution is -2.29. The van der Waals surface area contributed by atoms with Gasteiger partial charge in [0.05, 0.1) is 17.2 Å². The molecule has 1 atom stereocenters. The van der Waals surface area contributed by atoms with E-state index in [9.17, 15) is 4.79 Å². The predicted molar refractivity (Wildman–Crippen MR) is 73.5 cm³/mol. The largest absolute Gasteiger partial charge is 0.422 e. The highest BCUT2D eigenvalue weighted by Gasteiger charge is 2.15. The van der Waals surface area contributed by atoms with E-state index in [0.717, 1.165) is 0 Å². The molecule has 4 nitrogen and oxygen atoms in total. The molecule has 1 aromatic carbocycles. The molecule has 0 radical (unpaired) electrons. The Morgan fingerprint density at radius 3 is 2.72 bits per heavy atom. The van der Waals surface area contributed by atoms with Crippen LogP contribution in [0.1, 0.15) is 5.56 Å². The van der Waals surface area contributed by atoms with E-state index in [2.05, 4.69) is 0 Å². The summed E-state index contributed by atoms with van der Waals surface area (Å²) in [6, 6.07) is 6.51. The summed E-state index contributed by atoms with van der Waals surface area (Å²) in [6.07, 6.45) is 0.197. The molecule has 6 heteroatoms. The second-order valence-corrected chi connectivity index (χ2v) is 4.20. The maximum absolute atomic E-state index is 11.7. The minimum absolute atomic E-state index is 0. The van der Waals surface area contributed by atoms with Gasteiger partial charge in [-0.2, -0.15) is 0 Å². The molecule has 18 heavy (non-hydrogen) atoms. The smallest absolute Gasteiger partial charge is 0.341 e. The van der Waals surface area contributed by atoms with Crippen molar-refractivity contribution in [3.05, 3.63) is 45.3 Å². The molecule has 0 amide bonds. The van der Waals surface area contributed by atoms with Crippen molar-refractivity contribution in [3.8, 4) is 0 Å². The van der Waals surface area contributed by atoms with Crippen LogP contribution in [-0.2, 0) is 6.42 Å². The summed E-state index contributed by atoms with van der Waals surface area (Å²) in [5.74, 6) is 0. The number of benzene rings is 1. The first-order valence-electron chi connectivity index (χ1n) is 5.20. The zero-order chi connectivity index (χ0) is 12.4. The molecule has 2 rings (SSSR count). The van der Waals surface area contributed by atoms with Crippen molar-refractivity contribution in [1.82, 2.24) is 0 Å². The minimum Gasteiger partial charge on any atom is -0.422 e. The van der Waals surface area contributed by atoms with E-state index in [4.69, 9.17) is 26.9 Å². The number of hydrogen-bond donors (Lipinski definition) is 2. The standard InChI is InChI=1S/C12H12ClNO3.ClH/c13-11-8-3-1-2-4-10(8)17-12(16)9(11)5-7(14)6-15;/h1-4,7,15H,5-6,14H2;1H. The second-order valence-electron chi connectivity index (χ2n) is 3.82. The van der Waals surface area contributed by atoms with Crippen LogP contribution in [0.25, 0.3) is 11.0 Å². The summed E-state index contributed by atoms with van der Waals surface area (Å²) < 4.78 is 5.14. The van der Waals surface area contributed by atoms with E-state index in [0.29, 0.717) is 21.6 Å². The third-order valence-electron chi connectivity index (χ3n) is 2.54. The zero-order valence-electron chi connectivity index (χ0n) is 9.43. The van der Waals surface area contributed by atoms with Crippen LogP contribution in [0, 0.1) is 0 Å². The lowest BCUT2D eigenvalue weighted by atomic mass is 10.1. The number of nitrogens with two attached hydrogens (primary N) is 1. The number of hydrogen-bond acceptors (Lipinski definition) is 4. The van der Waals surface area contributed by atoms with Gasteiger partial charge in [0.25, 0.3) is 0 Å². The molecular formula is C12H13Cl2NO3. The number of fused-ring (bicyclic) bond motifs is 1. The molecule has 0 saturated carbocycles. The Bertz CT molecular complexity index is 597. The van der Waals surface area contributed by atoms with Crippen LogP contribution in [0.3, 0.4) is 0 Å². The molecule has 0 fully saturated rings. The summed E-state index contributed by atoms with van der Waals surface area (Å²) in [7, 11) is 0. The van der Waals surface area contributed by atoms with Crippen molar-refractivity contribution in [2.45, 2.75) is 12.5 Å². The average molecular weight is 290 g/mol. The van der Waals surface area contributed by atoms with Crippen molar-refractivity contribution in [2.24, 2.45) is 5.73 Å². The molecule has 1 unspecified atom stereocenters. The van der Waals surface area contributed by atoms with Gasteiger partial charge in [-0.15, -0.1) is 12.4 Å². The number of para-hydroxylation sites is 1. The van der Waals surface area contributed by atoms with Gasteiger partial charge in [-0.3, -0.25) is 0 Å². The third kappa shape index (κ3) is 2.84. The summed E-state index contributed by atoms with van der Waals surface area (Å²) in [5.41, 5.74) is 5.86. The van der Waals surface area contributed by atoms with Gasteiger partial charge in [0.1, 0.15) is 5.58 Å². The zero-order valence-corrected chi connectivity index (χ0v) is 11.0. The van der Waals surface area contributed by atoms with Gasteiger partial charge in [-0.25, -0.2) is 4.79 Å². The van der Waals surface area contributed by atoms with Crippen LogP contribution in [-0.4, -0.2) is 17.8 Å². The quantitative estimate of drug-likeness (QED) is 0.844. The molecule has 1 heterocycles. The van der Waals surface area contributed by atoms with E-state index in [1.807, 2.05) is 6.07 Å². The normalized spacial score (nSPS) is 12.2. The molecule has 3 N–H and O–H groups in total. The molecule has 98 valence electrons. The topological polar surface area (TPSA) is 76.5 Å². The maximum Gasteiger partial charge on any atom is 0.341 e. The van der Waals surface area contributed by atoms with Crippen LogP contribution in [0.2, 0.25) is 5.02 Å². The first-order valence-corrected chi connectivity index (χ1v) is 5.58. The highest BCUT2D eigenvalue weighted by Crippen LogP contribution is 2.25. The van der Waals surface area contributed by atoms with E-state index in [1.54, 1.807) is 18.2 Å². The number of aliphatic hydroxyl groups excluding tert-OH is 1. The van der Waals surface area contributed by atoms with Crippen molar-refractivity contribution in [1.29, 1.82) is 0 Å². The fourth-order valence-corrected chi connectivity index (χ4v) is 1.96. The first kappa shape index (κ1) is 15.0. The molecule has 0 bridgehead atoms. The van der Waals surface area contributed by atoms with Crippen LogP contribution in [0.5, 0.6) is 0 Å². The van der Waals surface area contributed by atoms with Gasteiger partial charge in [0, 0.05) is 11.4 Å². The first-order chi connectivity index (χ1) is 8.13. The molecule has 1 aromatic heterocycles. The molecule has 0 saturated heterocycles. The van der Waals surface area contributed by atoms with Crippen molar-refractivity contribution >= 4 is 35.0 Å². The molecular weight excluding hydrogens is 277 g/mol. The van der Waals surface area contributed by atoms with Crippen molar-refractivity contribution in [3.63, 3.8) is 0 Å². The maximum atomic E-state index is 11.7. The summed E-state index contributed by atoms with van der Waals surface area (Å²) >= 11 is 6.15. The predicted octanol–water partition coefficient (Wildman–Crippen LogP) is 1.73. The fraction of sp³-hybridized carbons (Fsp3) is 0.250. The van der Waals surface area contributed by atoms with E-state index >= 15 is 0 Å². The number of aliphatic hydroxyl groups is 1. The fourth-order valence-electron chi connectivity index (χ4n) is 1.65. The van der Waals surface area contributed by atoms with E-state index in [1.165, 1.54) is 0 Å². The summed E-state index contributed by atoms with van der Waals surface area (Å²) in [6.45, 7) is -0.206. The third-order valence-corrected chi connectivity index (χ3v) is 2.97. The molecule has 0 aliphatic heterocycles. The Hall–Kier alpha value is -1.07. The Balaban J connectivity index is 0.00000162. The monoisotopic (exact) mass is 289 g/mol. The molecule has 0 aliphatic carbocycles. The van der Waals surface area contributed by atoms with E-state index < -0.39 is 11.7 Å². The lowest BCUT2D eigenvalue weighted by molar-refractivity contribution is 0.264. The second kappa shape index (κ2) is 6.20. The van der Waals surface area contributed by atoms with Crippen molar-refractivity contribution in [2.75, 3.05) is 6.61 Å². The Morgan fingerprint density at radius 1 is 1.39 bits per heavy atom. The van der Waals surface area contributed by atoms with Gasteiger partial charge in [-0.05, 0) is 18.6 Å². The van der Waals surface area contributed by atoms with Crippen LogP contribution >= 0.6 is 24.0 Å².